The summed E-state index contributed by atoms with van der Waals surface area (Å²) in [4.78, 5) is 13.9. The van der Waals surface area contributed by atoms with E-state index in [0.29, 0.717) is 0 Å². The largest absolute Gasteiger partial charge is 0.506 e. The number of aromatic amines is 1. The number of H-pyrrole nitrogens is 1. The average molecular weight is 447 g/mol. The molecule has 0 amide bonds. The SMILES string of the molecule is C[C@H]1C[C@@](O)(C(F)(F)F)[C@@H](Nc2ccc(F)c3[nH]c(=O)ccc23)c2ccc(C#N)c(O)c21. The van der Waals surface area contributed by atoms with E-state index in [1.807, 2.05) is 0 Å². The van der Waals surface area contributed by atoms with Gasteiger partial charge in [0.25, 0.3) is 0 Å². The number of alkyl halides is 3. The van der Waals surface area contributed by atoms with E-state index in [0.717, 1.165) is 12.1 Å². The molecule has 166 valence electrons. The lowest BCUT2D eigenvalue weighted by Gasteiger charge is -2.45. The molecule has 3 aromatic rings. The molecule has 0 saturated heterocycles. The number of aromatic hydroxyl groups is 1. The van der Waals surface area contributed by atoms with Crippen LogP contribution < -0.4 is 10.9 Å². The molecule has 1 aromatic heterocycles. The summed E-state index contributed by atoms with van der Waals surface area (Å²) in [7, 11) is 0. The number of nitriles is 1. The van der Waals surface area contributed by atoms with Gasteiger partial charge >= 0.3 is 6.18 Å². The number of aromatic nitrogens is 1. The quantitative estimate of drug-likeness (QED) is 0.441. The lowest BCUT2D eigenvalue weighted by atomic mass is 9.70. The van der Waals surface area contributed by atoms with Gasteiger partial charge in [-0.2, -0.15) is 18.4 Å². The lowest BCUT2D eigenvalue weighted by molar-refractivity contribution is -0.272. The van der Waals surface area contributed by atoms with Crippen LogP contribution in [0.2, 0.25) is 0 Å². The predicted molar refractivity (Wildman–Crippen MR) is 108 cm³/mol. The van der Waals surface area contributed by atoms with Crippen molar-refractivity contribution >= 4 is 16.6 Å². The Balaban J connectivity index is 1.95. The first-order chi connectivity index (χ1) is 15.0. The predicted octanol–water partition coefficient (Wildman–Crippen LogP) is 4.20. The highest BCUT2D eigenvalue weighted by Crippen LogP contribution is 2.54. The fourth-order valence-corrected chi connectivity index (χ4v) is 4.40. The summed E-state index contributed by atoms with van der Waals surface area (Å²) in [6.07, 6.45) is -5.83. The monoisotopic (exact) mass is 447 g/mol. The fourth-order valence-electron chi connectivity index (χ4n) is 4.40. The molecule has 4 N–H and O–H groups in total. The standard InChI is InChI=1S/C22H17F4N3O3/c1-10-8-21(32,22(24,25)26)20(13-3-2-11(9-27)19(31)17(10)13)28-15-6-5-14(23)18-12(15)4-7-16(30)29-18/h2-7,10,20,28,31-32H,8H2,1H3,(H,29,30)/t10-,20-,21-/m0/s1. The molecule has 0 saturated carbocycles. The molecule has 1 aliphatic rings. The van der Waals surface area contributed by atoms with E-state index < -0.39 is 47.3 Å². The molecule has 3 atom stereocenters. The Kier molecular flexibility index (Phi) is 4.90. The first-order valence-electron chi connectivity index (χ1n) is 9.61. The Morgan fingerprint density at radius 2 is 1.94 bits per heavy atom. The van der Waals surface area contributed by atoms with Gasteiger partial charge < -0.3 is 20.5 Å². The highest BCUT2D eigenvalue weighted by atomic mass is 19.4. The van der Waals surface area contributed by atoms with E-state index in [1.165, 1.54) is 31.2 Å². The molecule has 0 unspecified atom stereocenters. The molecule has 4 rings (SSSR count). The Hall–Kier alpha value is -3.58. The fraction of sp³-hybridized carbons (Fsp3) is 0.273. The number of hydrogen-bond donors (Lipinski definition) is 4. The molecule has 1 aliphatic carbocycles. The second-order valence-electron chi connectivity index (χ2n) is 7.89. The third kappa shape index (κ3) is 3.17. The zero-order chi connectivity index (χ0) is 23.4. The Bertz CT molecular complexity index is 1330. The number of rotatable bonds is 2. The van der Waals surface area contributed by atoms with Crippen molar-refractivity contribution in [2.45, 2.75) is 37.1 Å². The number of nitrogens with one attached hydrogen (secondary N) is 2. The van der Waals surface area contributed by atoms with Gasteiger partial charge in [0.1, 0.15) is 17.6 Å². The van der Waals surface area contributed by atoms with Gasteiger partial charge in [-0.05, 0) is 42.2 Å². The molecular formula is C22H17F4N3O3. The Morgan fingerprint density at radius 3 is 2.59 bits per heavy atom. The molecule has 0 fully saturated rings. The van der Waals surface area contributed by atoms with Crippen LogP contribution in [0.5, 0.6) is 5.75 Å². The Labute approximate surface area is 178 Å². The molecular weight excluding hydrogens is 430 g/mol. The van der Waals surface area contributed by atoms with Gasteiger partial charge in [-0.1, -0.05) is 13.0 Å². The number of phenolic OH excluding ortho intramolecular Hbond substituents is 1. The minimum absolute atomic E-state index is 0.0367. The van der Waals surface area contributed by atoms with Crippen molar-refractivity contribution < 1.29 is 27.8 Å². The van der Waals surface area contributed by atoms with Gasteiger partial charge in [-0.15, -0.1) is 0 Å². The van der Waals surface area contributed by atoms with Gasteiger partial charge in [0, 0.05) is 22.7 Å². The van der Waals surface area contributed by atoms with Gasteiger partial charge in [0.2, 0.25) is 5.56 Å². The van der Waals surface area contributed by atoms with Gasteiger partial charge in [0.15, 0.2) is 5.60 Å². The third-order valence-electron chi connectivity index (χ3n) is 5.90. The minimum Gasteiger partial charge on any atom is -0.506 e. The normalized spacial score (nSPS) is 22.9. The third-order valence-corrected chi connectivity index (χ3v) is 5.90. The van der Waals surface area contributed by atoms with Crippen LogP contribution in [0.25, 0.3) is 10.9 Å². The first kappa shape index (κ1) is 21.6. The number of hydrogen-bond acceptors (Lipinski definition) is 5. The van der Waals surface area contributed by atoms with Crippen LogP contribution in [-0.2, 0) is 0 Å². The molecule has 0 aliphatic heterocycles. The number of nitrogens with zero attached hydrogens (tertiary/aromatic N) is 1. The van der Waals surface area contributed by atoms with Crippen molar-refractivity contribution in [2.75, 3.05) is 5.32 Å². The van der Waals surface area contributed by atoms with Crippen molar-refractivity contribution in [3.63, 3.8) is 0 Å². The molecule has 0 bridgehead atoms. The topological polar surface area (TPSA) is 109 Å². The van der Waals surface area contributed by atoms with Crippen LogP contribution in [0.4, 0.5) is 23.2 Å². The Morgan fingerprint density at radius 1 is 1.22 bits per heavy atom. The molecule has 6 nitrogen and oxygen atoms in total. The maximum Gasteiger partial charge on any atom is 0.419 e. The summed E-state index contributed by atoms with van der Waals surface area (Å²) in [5.41, 5.74) is -4.01. The number of halogens is 4. The number of aliphatic hydroxyl groups is 1. The summed E-state index contributed by atoms with van der Waals surface area (Å²) in [6, 6.07) is 6.98. The smallest absolute Gasteiger partial charge is 0.419 e. The number of phenols is 1. The number of pyridine rings is 1. The van der Waals surface area contributed by atoms with Gasteiger partial charge in [-0.3, -0.25) is 4.79 Å². The summed E-state index contributed by atoms with van der Waals surface area (Å²) < 4.78 is 56.5. The molecule has 2 aromatic carbocycles. The van der Waals surface area contributed by atoms with E-state index in [4.69, 9.17) is 0 Å². The van der Waals surface area contributed by atoms with Crippen LogP contribution in [0.3, 0.4) is 0 Å². The summed E-state index contributed by atoms with van der Waals surface area (Å²) in [5.74, 6) is -2.13. The van der Waals surface area contributed by atoms with Crippen molar-refractivity contribution in [3.05, 3.63) is 69.3 Å². The van der Waals surface area contributed by atoms with Crippen molar-refractivity contribution in [1.29, 1.82) is 5.26 Å². The molecule has 32 heavy (non-hydrogen) atoms. The molecule has 10 heteroatoms. The van der Waals surface area contributed by atoms with Crippen LogP contribution in [0, 0.1) is 17.1 Å². The van der Waals surface area contributed by atoms with E-state index in [-0.39, 0.29) is 33.3 Å². The van der Waals surface area contributed by atoms with E-state index in [9.17, 15) is 37.8 Å². The molecule has 1 heterocycles. The first-order valence-corrected chi connectivity index (χ1v) is 9.61. The lowest BCUT2D eigenvalue weighted by Crippen LogP contribution is -2.55. The van der Waals surface area contributed by atoms with Crippen molar-refractivity contribution in [2.24, 2.45) is 0 Å². The summed E-state index contributed by atoms with van der Waals surface area (Å²) in [5, 5.41) is 33.3. The number of anilines is 1. The summed E-state index contributed by atoms with van der Waals surface area (Å²) >= 11 is 0. The van der Waals surface area contributed by atoms with E-state index >= 15 is 0 Å². The van der Waals surface area contributed by atoms with Crippen molar-refractivity contribution in [3.8, 4) is 11.8 Å². The van der Waals surface area contributed by atoms with Crippen LogP contribution >= 0.6 is 0 Å². The van der Waals surface area contributed by atoms with Crippen LogP contribution in [-0.4, -0.2) is 27.0 Å². The van der Waals surface area contributed by atoms with Crippen LogP contribution in [0.15, 0.2) is 41.2 Å². The van der Waals surface area contributed by atoms with Gasteiger partial charge in [-0.25, -0.2) is 4.39 Å². The molecule has 0 radical (unpaired) electrons. The maximum absolute atomic E-state index is 14.2. The van der Waals surface area contributed by atoms with E-state index in [1.54, 1.807) is 6.07 Å². The molecule has 0 spiro atoms. The number of benzene rings is 2. The average Bonchev–Trinajstić information content (AvgIpc) is 2.71. The highest BCUT2D eigenvalue weighted by molar-refractivity contribution is 5.91. The van der Waals surface area contributed by atoms with E-state index in [2.05, 4.69) is 10.3 Å². The maximum atomic E-state index is 14.2. The van der Waals surface area contributed by atoms with Crippen LogP contribution in [0.1, 0.15) is 42.0 Å². The second kappa shape index (κ2) is 7.24. The highest BCUT2D eigenvalue weighted by Gasteiger charge is 2.62. The second-order valence-corrected chi connectivity index (χ2v) is 7.89. The minimum atomic E-state index is -5.05. The number of fused-ring (bicyclic) bond motifs is 2. The zero-order valence-electron chi connectivity index (χ0n) is 16.6. The zero-order valence-corrected chi connectivity index (χ0v) is 16.6. The van der Waals surface area contributed by atoms with Crippen molar-refractivity contribution in [1.82, 2.24) is 4.98 Å². The van der Waals surface area contributed by atoms with Gasteiger partial charge in [0.05, 0.1) is 17.1 Å². The summed E-state index contributed by atoms with van der Waals surface area (Å²) in [6.45, 7) is 1.42.